The molecule has 1 heterocycles. The fourth-order valence-corrected chi connectivity index (χ4v) is 2.95. The highest BCUT2D eigenvalue weighted by Gasteiger charge is 2.22. The maximum absolute atomic E-state index is 12.3. The lowest BCUT2D eigenvalue weighted by molar-refractivity contribution is -0.386. The van der Waals surface area contributed by atoms with Gasteiger partial charge in [-0.05, 0) is 62.4 Å². The summed E-state index contributed by atoms with van der Waals surface area (Å²) in [5.41, 5.74) is 1.15. The average Bonchev–Trinajstić information content (AvgIpc) is 2.92. The number of aryl methyl sites for hydroxylation is 1. The van der Waals surface area contributed by atoms with E-state index < -0.39 is 4.92 Å². The van der Waals surface area contributed by atoms with Crippen LogP contribution in [0.15, 0.2) is 53.0 Å². The Labute approximate surface area is 169 Å². The van der Waals surface area contributed by atoms with Crippen molar-refractivity contribution in [1.82, 2.24) is 9.78 Å². The van der Waals surface area contributed by atoms with Gasteiger partial charge in [0.25, 0.3) is 0 Å². The van der Waals surface area contributed by atoms with Gasteiger partial charge in [0.1, 0.15) is 29.4 Å². The zero-order chi connectivity index (χ0) is 20.3. The summed E-state index contributed by atoms with van der Waals surface area (Å²) in [7, 11) is 0. The summed E-state index contributed by atoms with van der Waals surface area (Å²) >= 11 is 3.37. The van der Waals surface area contributed by atoms with Gasteiger partial charge in [0.2, 0.25) is 5.91 Å². The van der Waals surface area contributed by atoms with E-state index in [-0.39, 0.29) is 23.8 Å². The Hall–Kier alpha value is -3.20. The Morgan fingerprint density at radius 1 is 1.14 bits per heavy atom. The zero-order valence-electron chi connectivity index (χ0n) is 15.2. The third-order valence-corrected chi connectivity index (χ3v) is 4.54. The molecule has 0 fully saturated rings. The standard InChI is InChI=1S/C19H17BrN4O4/c1-12-19(24(26)27)13(2)23(22-12)11-18(25)21-15-5-9-17(10-6-15)28-16-7-3-14(20)4-8-16/h3-10H,11H2,1-2H3,(H,21,25). The van der Waals surface area contributed by atoms with E-state index in [1.165, 1.54) is 4.68 Å². The summed E-state index contributed by atoms with van der Waals surface area (Å²) in [5, 5.41) is 17.9. The number of halogens is 1. The van der Waals surface area contributed by atoms with Gasteiger partial charge in [-0.15, -0.1) is 0 Å². The normalized spacial score (nSPS) is 10.5. The predicted molar refractivity (Wildman–Crippen MR) is 108 cm³/mol. The van der Waals surface area contributed by atoms with Crippen molar-refractivity contribution in [3.63, 3.8) is 0 Å². The van der Waals surface area contributed by atoms with Crippen LogP contribution >= 0.6 is 15.9 Å². The Morgan fingerprint density at radius 2 is 1.71 bits per heavy atom. The van der Waals surface area contributed by atoms with E-state index in [9.17, 15) is 14.9 Å². The van der Waals surface area contributed by atoms with Crippen LogP contribution in [0.5, 0.6) is 11.5 Å². The van der Waals surface area contributed by atoms with E-state index in [0.717, 1.165) is 4.47 Å². The van der Waals surface area contributed by atoms with Gasteiger partial charge in [0.05, 0.1) is 4.92 Å². The van der Waals surface area contributed by atoms with E-state index in [0.29, 0.717) is 22.9 Å². The monoisotopic (exact) mass is 444 g/mol. The number of hydrogen-bond donors (Lipinski definition) is 1. The molecule has 0 aliphatic heterocycles. The summed E-state index contributed by atoms with van der Waals surface area (Å²) in [6, 6.07) is 14.4. The molecule has 0 radical (unpaired) electrons. The summed E-state index contributed by atoms with van der Waals surface area (Å²) in [6.45, 7) is 3.00. The van der Waals surface area contributed by atoms with E-state index >= 15 is 0 Å². The van der Waals surface area contributed by atoms with E-state index in [1.807, 2.05) is 24.3 Å². The number of benzene rings is 2. The molecule has 9 heteroatoms. The molecular formula is C19H17BrN4O4. The van der Waals surface area contributed by atoms with Gasteiger partial charge in [-0.2, -0.15) is 5.10 Å². The summed E-state index contributed by atoms with van der Waals surface area (Å²) < 4.78 is 8.02. The number of hydrogen-bond acceptors (Lipinski definition) is 5. The van der Waals surface area contributed by atoms with Crippen molar-refractivity contribution >= 4 is 33.2 Å². The molecule has 8 nitrogen and oxygen atoms in total. The SMILES string of the molecule is Cc1nn(CC(=O)Nc2ccc(Oc3ccc(Br)cc3)cc2)c(C)c1[N+](=O)[O-]. The van der Waals surface area contributed by atoms with Gasteiger partial charge in [0.15, 0.2) is 0 Å². The Kier molecular flexibility index (Phi) is 5.74. The fourth-order valence-electron chi connectivity index (χ4n) is 2.69. The highest BCUT2D eigenvalue weighted by Crippen LogP contribution is 2.25. The maximum atomic E-state index is 12.3. The lowest BCUT2D eigenvalue weighted by atomic mass is 10.3. The van der Waals surface area contributed by atoms with Crippen LogP contribution in [0.3, 0.4) is 0 Å². The molecule has 0 saturated heterocycles. The van der Waals surface area contributed by atoms with Crippen molar-refractivity contribution in [2.24, 2.45) is 0 Å². The Morgan fingerprint density at radius 3 is 2.25 bits per heavy atom. The molecule has 0 spiro atoms. The number of aromatic nitrogens is 2. The van der Waals surface area contributed by atoms with E-state index in [1.54, 1.807) is 38.1 Å². The Bertz CT molecular complexity index is 1010. The number of nitro groups is 1. The van der Waals surface area contributed by atoms with Gasteiger partial charge in [-0.3, -0.25) is 19.6 Å². The van der Waals surface area contributed by atoms with Crippen molar-refractivity contribution < 1.29 is 14.5 Å². The van der Waals surface area contributed by atoms with Crippen LogP contribution < -0.4 is 10.1 Å². The van der Waals surface area contributed by atoms with Crippen molar-refractivity contribution in [3.05, 3.63) is 74.5 Å². The van der Waals surface area contributed by atoms with Crippen LogP contribution in [0.25, 0.3) is 0 Å². The first-order valence-electron chi connectivity index (χ1n) is 8.35. The molecule has 0 atom stereocenters. The topological polar surface area (TPSA) is 99.3 Å². The Balaban J connectivity index is 1.62. The quantitative estimate of drug-likeness (QED) is 0.442. The number of anilines is 1. The maximum Gasteiger partial charge on any atom is 0.312 e. The zero-order valence-corrected chi connectivity index (χ0v) is 16.8. The van der Waals surface area contributed by atoms with Gasteiger partial charge in [0, 0.05) is 10.2 Å². The number of nitrogens with one attached hydrogen (secondary N) is 1. The van der Waals surface area contributed by atoms with Crippen molar-refractivity contribution in [2.75, 3.05) is 5.32 Å². The third-order valence-electron chi connectivity index (χ3n) is 4.01. The first-order chi connectivity index (χ1) is 13.3. The van der Waals surface area contributed by atoms with Crippen molar-refractivity contribution in [2.45, 2.75) is 20.4 Å². The first-order valence-corrected chi connectivity index (χ1v) is 9.14. The molecule has 3 rings (SSSR count). The summed E-state index contributed by atoms with van der Waals surface area (Å²) in [4.78, 5) is 22.8. The predicted octanol–water partition coefficient (Wildman–Crippen LogP) is 4.60. The second-order valence-corrected chi connectivity index (χ2v) is 6.98. The van der Waals surface area contributed by atoms with Crippen LogP contribution in [0, 0.1) is 24.0 Å². The second-order valence-electron chi connectivity index (χ2n) is 6.06. The molecule has 3 aromatic rings. The van der Waals surface area contributed by atoms with Crippen LogP contribution in [0.2, 0.25) is 0 Å². The van der Waals surface area contributed by atoms with Crippen LogP contribution in [-0.2, 0) is 11.3 Å². The smallest absolute Gasteiger partial charge is 0.312 e. The summed E-state index contributed by atoms with van der Waals surface area (Å²) in [6.07, 6.45) is 0. The highest BCUT2D eigenvalue weighted by molar-refractivity contribution is 9.10. The molecule has 1 N–H and O–H groups in total. The van der Waals surface area contributed by atoms with Crippen molar-refractivity contribution in [1.29, 1.82) is 0 Å². The molecular weight excluding hydrogens is 428 g/mol. The molecule has 0 aliphatic rings. The number of rotatable bonds is 6. The van der Waals surface area contributed by atoms with Crippen molar-refractivity contribution in [3.8, 4) is 11.5 Å². The minimum absolute atomic E-state index is 0.0674. The molecule has 1 amide bonds. The molecule has 0 saturated carbocycles. The molecule has 0 bridgehead atoms. The molecule has 144 valence electrons. The van der Waals surface area contributed by atoms with Gasteiger partial charge >= 0.3 is 5.69 Å². The molecule has 28 heavy (non-hydrogen) atoms. The molecule has 0 aliphatic carbocycles. The third kappa shape index (κ3) is 4.55. The highest BCUT2D eigenvalue weighted by atomic mass is 79.9. The van der Waals surface area contributed by atoms with Crippen LogP contribution in [0.1, 0.15) is 11.4 Å². The largest absolute Gasteiger partial charge is 0.457 e. The number of nitrogens with zero attached hydrogens (tertiary/aromatic N) is 3. The second kappa shape index (κ2) is 8.22. The summed E-state index contributed by atoms with van der Waals surface area (Å²) in [5.74, 6) is 1.00. The lowest BCUT2D eigenvalue weighted by Gasteiger charge is -2.09. The number of ether oxygens (including phenoxy) is 1. The van der Waals surface area contributed by atoms with E-state index in [4.69, 9.17) is 4.74 Å². The number of carbonyl (C=O) groups is 1. The fraction of sp³-hybridized carbons (Fsp3) is 0.158. The number of carbonyl (C=O) groups excluding carboxylic acids is 1. The van der Waals surface area contributed by atoms with Gasteiger partial charge in [-0.25, -0.2) is 0 Å². The minimum Gasteiger partial charge on any atom is -0.457 e. The molecule has 0 unspecified atom stereocenters. The average molecular weight is 445 g/mol. The minimum atomic E-state index is -0.490. The van der Waals surface area contributed by atoms with Gasteiger partial charge in [-0.1, -0.05) is 15.9 Å². The molecule has 1 aromatic heterocycles. The van der Waals surface area contributed by atoms with Crippen LogP contribution in [0.4, 0.5) is 11.4 Å². The van der Waals surface area contributed by atoms with E-state index in [2.05, 4.69) is 26.3 Å². The molecule has 2 aromatic carbocycles. The van der Waals surface area contributed by atoms with Crippen LogP contribution in [-0.4, -0.2) is 20.6 Å². The van der Waals surface area contributed by atoms with Gasteiger partial charge < -0.3 is 10.1 Å². The lowest BCUT2D eigenvalue weighted by Crippen LogP contribution is -2.20. The number of amides is 1. The first kappa shape index (κ1) is 19.6.